The van der Waals surface area contributed by atoms with Gasteiger partial charge >= 0.3 is 0 Å². The van der Waals surface area contributed by atoms with E-state index in [9.17, 15) is 9.90 Å². The van der Waals surface area contributed by atoms with Gasteiger partial charge in [0.1, 0.15) is 0 Å². The van der Waals surface area contributed by atoms with Crippen LogP contribution in [0, 0.1) is 0 Å². The number of ketones is 1. The van der Waals surface area contributed by atoms with E-state index in [1.807, 2.05) is 6.92 Å². The molecule has 88 valence electrons. The number of carbonyl (C=O) groups excluding carboxylic acids is 1. The Morgan fingerprint density at radius 3 is 2.94 bits per heavy atom. The molecule has 2 heterocycles. The summed E-state index contributed by atoms with van der Waals surface area (Å²) in [6, 6.07) is 0. The molecule has 5 heteroatoms. The first-order valence-electron chi connectivity index (χ1n) is 5.30. The van der Waals surface area contributed by atoms with E-state index in [1.165, 1.54) is 13.2 Å². The van der Waals surface area contributed by atoms with Gasteiger partial charge in [0.2, 0.25) is 0 Å². The number of hydrogen-bond donors (Lipinski definition) is 1. The molecule has 5 nitrogen and oxygen atoms in total. The van der Waals surface area contributed by atoms with Crippen molar-refractivity contribution in [3.05, 3.63) is 11.8 Å². The molecule has 2 saturated heterocycles. The van der Waals surface area contributed by atoms with Crippen molar-refractivity contribution in [3.8, 4) is 0 Å². The van der Waals surface area contributed by atoms with E-state index in [-0.39, 0.29) is 17.6 Å². The minimum atomic E-state index is -1.62. The Morgan fingerprint density at radius 2 is 2.31 bits per heavy atom. The normalized spacial score (nSPS) is 54.1. The lowest BCUT2D eigenvalue weighted by molar-refractivity contribution is -0.209. The third-order valence-electron chi connectivity index (χ3n) is 3.89. The number of ether oxygens (including phenoxy) is 3. The topological polar surface area (TPSA) is 68.3 Å². The number of aliphatic hydroxyl groups is 1. The van der Waals surface area contributed by atoms with E-state index in [1.54, 1.807) is 6.92 Å². The summed E-state index contributed by atoms with van der Waals surface area (Å²) in [5.41, 5.74) is -1.93. The van der Waals surface area contributed by atoms with Gasteiger partial charge in [0.15, 0.2) is 22.7 Å². The maximum Gasteiger partial charge on any atom is 0.259 e. The lowest BCUT2D eigenvalue weighted by Gasteiger charge is -2.32. The van der Waals surface area contributed by atoms with Crippen LogP contribution < -0.4 is 0 Å². The first kappa shape index (κ1) is 10.3. The maximum absolute atomic E-state index is 11.9. The zero-order chi connectivity index (χ0) is 11.8. The number of methoxy groups -OCH3 is 1. The first-order valence-corrected chi connectivity index (χ1v) is 5.30. The van der Waals surface area contributed by atoms with E-state index in [0.717, 1.165) is 0 Å². The van der Waals surface area contributed by atoms with Crippen molar-refractivity contribution in [2.24, 2.45) is 0 Å². The van der Waals surface area contributed by atoms with Gasteiger partial charge in [-0.3, -0.25) is 4.79 Å². The van der Waals surface area contributed by atoms with Crippen LogP contribution in [0.5, 0.6) is 0 Å². The van der Waals surface area contributed by atoms with Crippen LogP contribution in [0.15, 0.2) is 11.8 Å². The highest BCUT2D eigenvalue weighted by Crippen LogP contribution is 2.66. The Morgan fingerprint density at radius 1 is 1.62 bits per heavy atom. The largest absolute Gasteiger partial charge is 0.495 e. The Labute approximate surface area is 93.0 Å². The Kier molecular flexibility index (Phi) is 1.60. The van der Waals surface area contributed by atoms with Crippen molar-refractivity contribution >= 4 is 5.78 Å². The molecule has 1 aliphatic carbocycles. The molecule has 3 rings (SSSR count). The molecule has 1 spiro atoms. The van der Waals surface area contributed by atoms with Crippen LogP contribution in [0.25, 0.3) is 0 Å². The van der Waals surface area contributed by atoms with Crippen LogP contribution in [0.2, 0.25) is 0 Å². The molecule has 0 unspecified atom stereocenters. The number of rotatable bonds is 1. The second-order valence-corrected chi connectivity index (χ2v) is 4.82. The van der Waals surface area contributed by atoms with E-state index in [0.29, 0.717) is 6.42 Å². The van der Waals surface area contributed by atoms with E-state index >= 15 is 0 Å². The van der Waals surface area contributed by atoms with Gasteiger partial charge in [0.05, 0.1) is 13.2 Å². The molecule has 0 radical (unpaired) electrons. The average molecular weight is 226 g/mol. The van der Waals surface area contributed by atoms with Crippen molar-refractivity contribution in [2.75, 3.05) is 7.11 Å². The summed E-state index contributed by atoms with van der Waals surface area (Å²) >= 11 is 0. The summed E-state index contributed by atoms with van der Waals surface area (Å²) in [5.74, 6) is -1.66. The summed E-state index contributed by atoms with van der Waals surface area (Å²) in [4.78, 5) is 11.9. The SMILES string of the molecule is COC1=CC(=O)[C@]2(C)O[C@@]23C[C@H](C)O[C@]13O. The van der Waals surface area contributed by atoms with Gasteiger partial charge in [-0.25, -0.2) is 0 Å². The molecule has 0 saturated carbocycles. The lowest BCUT2D eigenvalue weighted by Crippen LogP contribution is -2.53. The third kappa shape index (κ3) is 0.794. The second kappa shape index (κ2) is 2.50. The fraction of sp³-hybridized carbons (Fsp3) is 0.727. The molecule has 0 aromatic rings. The summed E-state index contributed by atoms with van der Waals surface area (Å²) in [5, 5.41) is 10.5. The van der Waals surface area contributed by atoms with Crippen molar-refractivity contribution < 1.29 is 24.1 Å². The highest BCUT2D eigenvalue weighted by Gasteiger charge is 2.86. The zero-order valence-corrected chi connectivity index (χ0v) is 9.44. The zero-order valence-electron chi connectivity index (χ0n) is 9.44. The van der Waals surface area contributed by atoms with Gasteiger partial charge in [0, 0.05) is 12.5 Å². The van der Waals surface area contributed by atoms with Crippen LogP contribution in [0.4, 0.5) is 0 Å². The van der Waals surface area contributed by atoms with Crippen molar-refractivity contribution in [1.82, 2.24) is 0 Å². The average Bonchev–Trinajstić information content (AvgIpc) is 2.72. The van der Waals surface area contributed by atoms with E-state index in [4.69, 9.17) is 14.2 Å². The monoisotopic (exact) mass is 226 g/mol. The fourth-order valence-corrected chi connectivity index (χ4v) is 2.98. The maximum atomic E-state index is 11.9. The molecular weight excluding hydrogens is 212 g/mol. The van der Waals surface area contributed by atoms with Gasteiger partial charge < -0.3 is 19.3 Å². The smallest absolute Gasteiger partial charge is 0.259 e. The standard InChI is InChI=1S/C11H14O5/c1-6-5-10-9(2,16-10)7(12)4-8(14-3)11(10,13)15-6/h4,6,13H,5H2,1-3H3/t6-,9-,10-,11+/m0/s1. The fourth-order valence-electron chi connectivity index (χ4n) is 2.98. The molecule has 0 amide bonds. The Balaban J connectivity index is 2.16. The number of carbonyl (C=O) groups is 1. The molecule has 2 aliphatic heterocycles. The van der Waals surface area contributed by atoms with Gasteiger partial charge in [0.25, 0.3) is 5.79 Å². The Hall–Kier alpha value is -0.910. The minimum Gasteiger partial charge on any atom is -0.495 e. The predicted molar refractivity (Wildman–Crippen MR) is 52.4 cm³/mol. The summed E-state index contributed by atoms with van der Waals surface area (Å²) in [6.07, 6.45) is 1.59. The first-order chi connectivity index (χ1) is 7.39. The molecule has 4 atom stereocenters. The van der Waals surface area contributed by atoms with Crippen LogP contribution in [0.1, 0.15) is 20.3 Å². The molecule has 16 heavy (non-hydrogen) atoms. The van der Waals surface area contributed by atoms with Crippen molar-refractivity contribution in [1.29, 1.82) is 0 Å². The van der Waals surface area contributed by atoms with Crippen molar-refractivity contribution in [2.45, 2.75) is 43.4 Å². The summed E-state index contributed by atoms with van der Waals surface area (Å²) < 4.78 is 16.1. The second-order valence-electron chi connectivity index (χ2n) is 4.82. The third-order valence-corrected chi connectivity index (χ3v) is 3.89. The summed E-state index contributed by atoms with van der Waals surface area (Å²) in [7, 11) is 1.40. The lowest BCUT2D eigenvalue weighted by atomic mass is 9.77. The van der Waals surface area contributed by atoms with Gasteiger partial charge in [-0.05, 0) is 13.8 Å². The van der Waals surface area contributed by atoms with Crippen LogP contribution >= 0.6 is 0 Å². The van der Waals surface area contributed by atoms with E-state index < -0.39 is 17.0 Å². The van der Waals surface area contributed by atoms with Crippen LogP contribution in [-0.2, 0) is 19.0 Å². The van der Waals surface area contributed by atoms with Crippen molar-refractivity contribution in [3.63, 3.8) is 0 Å². The molecule has 0 aromatic heterocycles. The Bertz CT molecular complexity index is 417. The highest BCUT2D eigenvalue weighted by molar-refractivity contribution is 6.02. The molecule has 0 bridgehead atoms. The van der Waals surface area contributed by atoms with Gasteiger partial charge in [-0.1, -0.05) is 0 Å². The highest BCUT2D eigenvalue weighted by atomic mass is 16.7. The van der Waals surface area contributed by atoms with Gasteiger partial charge in [-0.2, -0.15) is 0 Å². The molecule has 0 aromatic carbocycles. The predicted octanol–water partition coefficient (Wildman–Crippen LogP) is 0.125. The van der Waals surface area contributed by atoms with Crippen LogP contribution in [-0.4, -0.2) is 41.1 Å². The molecule has 1 N–H and O–H groups in total. The molecule has 2 fully saturated rings. The number of hydrogen-bond acceptors (Lipinski definition) is 5. The van der Waals surface area contributed by atoms with Crippen LogP contribution in [0.3, 0.4) is 0 Å². The van der Waals surface area contributed by atoms with Gasteiger partial charge in [-0.15, -0.1) is 0 Å². The quantitative estimate of drug-likeness (QED) is 0.643. The summed E-state index contributed by atoms with van der Waals surface area (Å²) in [6.45, 7) is 3.52. The minimum absolute atomic E-state index is 0.136. The molecular formula is C11H14O5. The van der Waals surface area contributed by atoms with E-state index in [2.05, 4.69) is 0 Å². The number of epoxide rings is 1. The molecule has 3 aliphatic rings.